The molecule has 148 valence electrons. The van der Waals surface area contributed by atoms with E-state index in [1.807, 2.05) is 6.92 Å². The monoisotopic (exact) mass is 392 g/mol. The van der Waals surface area contributed by atoms with Gasteiger partial charge in [0.2, 0.25) is 0 Å². The molecule has 0 aliphatic carbocycles. The standard InChI is InChI=1S/C16H24O9S/c1-10-3-5-11(6-4-10)26(21,22)24-8-7-16(23-2)15(20)14(19)13(18)12(9-17)25-16/h3-6,12-15,17-20H,7-9H2,1-2H3/t12-,13-,14+,15-,16-/m1/s1. The van der Waals surface area contributed by atoms with Crippen LogP contribution in [0.25, 0.3) is 0 Å². The van der Waals surface area contributed by atoms with Gasteiger partial charge in [-0.05, 0) is 19.1 Å². The first-order valence-corrected chi connectivity index (χ1v) is 9.42. The Bertz CT molecular complexity index is 688. The van der Waals surface area contributed by atoms with Crippen LogP contribution in [-0.2, 0) is 23.8 Å². The molecule has 1 aliphatic heterocycles. The molecule has 1 aromatic carbocycles. The summed E-state index contributed by atoms with van der Waals surface area (Å²) in [7, 11) is -2.84. The van der Waals surface area contributed by atoms with Crippen molar-refractivity contribution >= 4 is 10.1 Å². The van der Waals surface area contributed by atoms with Crippen molar-refractivity contribution in [3.8, 4) is 0 Å². The van der Waals surface area contributed by atoms with Gasteiger partial charge in [0.15, 0.2) is 5.79 Å². The summed E-state index contributed by atoms with van der Waals surface area (Å²) in [5.74, 6) is -1.84. The van der Waals surface area contributed by atoms with Crippen LogP contribution in [0.3, 0.4) is 0 Å². The highest BCUT2D eigenvalue weighted by Gasteiger charge is 2.53. The van der Waals surface area contributed by atoms with Gasteiger partial charge in [-0.25, -0.2) is 0 Å². The Hall–Kier alpha value is -1.11. The molecule has 9 nitrogen and oxygen atoms in total. The zero-order valence-corrected chi connectivity index (χ0v) is 15.3. The number of aryl methyl sites for hydroxylation is 1. The van der Waals surface area contributed by atoms with E-state index in [9.17, 15) is 28.8 Å². The van der Waals surface area contributed by atoms with Gasteiger partial charge in [0.1, 0.15) is 24.4 Å². The first-order valence-electron chi connectivity index (χ1n) is 8.01. The first kappa shape index (κ1) is 21.2. The summed E-state index contributed by atoms with van der Waals surface area (Å²) in [6.07, 6.45) is -6.31. The van der Waals surface area contributed by atoms with Gasteiger partial charge in [0, 0.05) is 13.5 Å². The topological polar surface area (TPSA) is 143 Å². The molecule has 0 bridgehead atoms. The minimum Gasteiger partial charge on any atom is -0.394 e. The number of methoxy groups -OCH3 is 1. The largest absolute Gasteiger partial charge is 0.394 e. The summed E-state index contributed by atoms with van der Waals surface area (Å²) in [5.41, 5.74) is 0.892. The van der Waals surface area contributed by atoms with Gasteiger partial charge < -0.3 is 29.9 Å². The van der Waals surface area contributed by atoms with Gasteiger partial charge in [0.25, 0.3) is 10.1 Å². The number of hydrogen-bond donors (Lipinski definition) is 4. The van der Waals surface area contributed by atoms with Crippen molar-refractivity contribution in [1.82, 2.24) is 0 Å². The second kappa shape index (κ2) is 8.28. The van der Waals surface area contributed by atoms with Gasteiger partial charge in [-0.1, -0.05) is 17.7 Å². The summed E-state index contributed by atoms with van der Waals surface area (Å²) < 4.78 is 39.9. The highest BCUT2D eigenvalue weighted by Crippen LogP contribution is 2.33. The van der Waals surface area contributed by atoms with Gasteiger partial charge in [-0.2, -0.15) is 8.42 Å². The number of aliphatic hydroxyl groups excluding tert-OH is 4. The third kappa shape index (κ3) is 4.24. The zero-order chi connectivity index (χ0) is 19.5. The van der Waals surface area contributed by atoms with Crippen LogP contribution in [-0.4, -0.2) is 79.4 Å². The van der Waals surface area contributed by atoms with Crippen LogP contribution >= 0.6 is 0 Å². The van der Waals surface area contributed by atoms with E-state index in [-0.39, 0.29) is 11.3 Å². The molecule has 4 N–H and O–H groups in total. The van der Waals surface area contributed by atoms with E-state index in [0.717, 1.165) is 5.56 Å². The second-order valence-corrected chi connectivity index (χ2v) is 7.74. The normalized spacial score (nSPS) is 32.5. The van der Waals surface area contributed by atoms with Crippen LogP contribution in [0.2, 0.25) is 0 Å². The van der Waals surface area contributed by atoms with Crippen molar-refractivity contribution in [3.63, 3.8) is 0 Å². The zero-order valence-electron chi connectivity index (χ0n) is 14.5. The third-order valence-corrected chi connectivity index (χ3v) is 5.71. The average Bonchev–Trinajstić information content (AvgIpc) is 2.62. The molecule has 1 saturated heterocycles. The molecule has 2 rings (SSSR count). The lowest BCUT2D eigenvalue weighted by molar-refractivity contribution is -0.360. The van der Waals surface area contributed by atoms with Crippen molar-refractivity contribution < 1.29 is 42.5 Å². The molecule has 0 aromatic heterocycles. The molecular weight excluding hydrogens is 368 g/mol. The Morgan fingerprint density at radius 1 is 1.15 bits per heavy atom. The summed E-state index contributed by atoms with van der Waals surface area (Å²) in [4.78, 5) is -0.0247. The third-order valence-electron chi connectivity index (χ3n) is 4.38. The molecule has 5 atom stereocenters. The van der Waals surface area contributed by atoms with Gasteiger partial charge in [0.05, 0.1) is 18.1 Å². The van der Waals surface area contributed by atoms with E-state index in [1.165, 1.54) is 19.2 Å². The van der Waals surface area contributed by atoms with E-state index in [2.05, 4.69) is 0 Å². The molecule has 1 fully saturated rings. The van der Waals surface area contributed by atoms with Crippen molar-refractivity contribution in [2.24, 2.45) is 0 Å². The molecule has 0 unspecified atom stereocenters. The molecule has 1 heterocycles. The van der Waals surface area contributed by atoms with Crippen LogP contribution in [0.15, 0.2) is 29.2 Å². The Morgan fingerprint density at radius 2 is 1.77 bits per heavy atom. The first-order chi connectivity index (χ1) is 12.2. The molecule has 1 aromatic rings. The van der Waals surface area contributed by atoms with Gasteiger partial charge in [-0.3, -0.25) is 4.18 Å². The van der Waals surface area contributed by atoms with Crippen LogP contribution in [0.1, 0.15) is 12.0 Å². The molecule has 0 amide bonds. The van der Waals surface area contributed by atoms with E-state index >= 15 is 0 Å². The molecule has 0 saturated carbocycles. The summed E-state index contributed by atoms with van der Waals surface area (Å²) in [6, 6.07) is 6.07. The smallest absolute Gasteiger partial charge is 0.296 e. The Morgan fingerprint density at radius 3 is 2.31 bits per heavy atom. The van der Waals surface area contributed by atoms with Gasteiger partial charge >= 0.3 is 0 Å². The minimum absolute atomic E-state index is 0.0247. The number of hydrogen-bond acceptors (Lipinski definition) is 9. The van der Waals surface area contributed by atoms with Crippen LogP contribution in [0.5, 0.6) is 0 Å². The van der Waals surface area contributed by atoms with Crippen molar-refractivity contribution in [2.45, 2.75) is 48.4 Å². The highest BCUT2D eigenvalue weighted by atomic mass is 32.2. The van der Waals surface area contributed by atoms with E-state index < -0.39 is 53.5 Å². The predicted molar refractivity (Wildman–Crippen MR) is 88.7 cm³/mol. The quantitative estimate of drug-likeness (QED) is 0.426. The number of rotatable bonds is 7. The summed E-state index contributed by atoms with van der Waals surface area (Å²) >= 11 is 0. The lowest BCUT2D eigenvalue weighted by Crippen LogP contribution is -2.66. The lowest BCUT2D eigenvalue weighted by Gasteiger charge is -2.47. The number of aliphatic hydroxyl groups is 4. The fourth-order valence-electron chi connectivity index (χ4n) is 2.75. The molecule has 26 heavy (non-hydrogen) atoms. The molecule has 0 spiro atoms. The van der Waals surface area contributed by atoms with Crippen LogP contribution in [0, 0.1) is 6.92 Å². The SMILES string of the molecule is CO[C@]1(CCOS(=O)(=O)c2ccc(C)cc2)O[C@H](CO)[C@@H](O)[C@H](O)[C@H]1O. The Kier molecular flexibility index (Phi) is 6.75. The maximum Gasteiger partial charge on any atom is 0.296 e. The fourth-order valence-corrected chi connectivity index (χ4v) is 3.66. The fraction of sp³-hybridized carbons (Fsp3) is 0.625. The number of ether oxygens (including phenoxy) is 2. The van der Waals surface area contributed by atoms with Crippen molar-refractivity contribution in [1.29, 1.82) is 0 Å². The highest BCUT2D eigenvalue weighted by molar-refractivity contribution is 7.86. The maximum absolute atomic E-state index is 12.2. The second-order valence-electron chi connectivity index (χ2n) is 6.12. The molecule has 1 aliphatic rings. The van der Waals surface area contributed by atoms with Crippen LogP contribution in [0.4, 0.5) is 0 Å². The summed E-state index contributed by atoms with van der Waals surface area (Å²) in [5, 5.41) is 39.2. The minimum atomic E-state index is -4.03. The number of benzene rings is 1. The Balaban J connectivity index is 2.09. The predicted octanol–water partition coefficient (Wildman–Crippen LogP) is -1.09. The van der Waals surface area contributed by atoms with Crippen molar-refractivity contribution in [2.75, 3.05) is 20.3 Å². The molecule has 0 radical (unpaired) electrons. The maximum atomic E-state index is 12.2. The van der Waals surface area contributed by atoms with E-state index in [1.54, 1.807) is 12.1 Å². The summed E-state index contributed by atoms with van der Waals surface area (Å²) in [6.45, 7) is 0.777. The Labute approximate surface area is 151 Å². The van der Waals surface area contributed by atoms with Crippen LogP contribution < -0.4 is 0 Å². The molecule has 10 heteroatoms. The van der Waals surface area contributed by atoms with E-state index in [0.29, 0.717) is 0 Å². The van der Waals surface area contributed by atoms with Crippen molar-refractivity contribution in [3.05, 3.63) is 29.8 Å². The average molecular weight is 392 g/mol. The van der Waals surface area contributed by atoms with Gasteiger partial charge in [-0.15, -0.1) is 0 Å². The lowest BCUT2D eigenvalue weighted by atomic mass is 9.91. The molecular formula is C16H24O9S. The van der Waals surface area contributed by atoms with E-state index in [4.69, 9.17) is 13.7 Å².